The van der Waals surface area contributed by atoms with Gasteiger partial charge in [-0.25, -0.2) is 0 Å². The van der Waals surface area contributed by atoms with E-state index in [1.165, 1.54) is 0 Å². The van der Waals surface area contributed by atoms with Gasteiger partial charge >= 0.3 is 0 Å². The van der Waals surface area contributed by atoms with Gasteiger partial charge in [0.1, 0.15) is 11.5 Å². The lowest BCUT2D eigenvalue weighted by Gasteiger charge is -2.20. The Kier molecular flexibility index (Phi) is 6.33. The summed E-state index contributed by atoms with van der Waals surface area (Å²) in [6, 6.07) is 22.8. The quantitative estimate of drug-likeness (QED) is 0.560. The minimum atomic E-state index is -0.591. The Hall–Kier alpha value is -3.27. The lowest BCUT2D eigenvalue weighted by Crippen LogP contribution is -2.32. The molecule has 4 heteroatoms. The molecule has 144 valence electrons. The minimum Gasteiger partial charge on any atom is -0.480 e. The van der Waals surface area contributed by atoms with E-state index in [1.54, 1.807) is 0 Å². The summed E-state index contributed by atoms with van der Waals surface area (Å²) in [5.74, 6) is 1.82. The second-order valence-corrected chi connectivity index (χ2v) is 6.68. The maximum atomic E-state index is 12.8. The van der Waals surface area contributed by atoms with Crippen molar-refractivity contribution >= 4 is 11.6 Å². The molecule has 0 unspecified atom stereocenters. The number of aryl methyl sites for hydroxylation is 2. The van der Waals surface area contributed by atoms with Gasteiger partial charge in [0.25, 0.3) is 5.91 Å². The molecule has 0 aliphatic heterocycles. The van der Waals surface area contributed by atoms with Crippen molar-refractivity contribution in [1.82, 2.24) is 0 Å². The lowest BCUT2D eigenvalue weighted by molar-refractivity contribution is -0.122. The Bertz CT molecular complexity index is 938. The number of nitrogens with one attached hydrogen (secondary N) is 1. The van der Waals surface area contributed by atoms with E-state index >= 15 is 0 Å². The molecule has 0 bridgehead atoms. The van der Waals surface area contributed by atoms with Crippen LogP contribution in [0, 0.1) is 13.8 Å². The standard InChI is InChI=1S/C24H25NO3/c1-4-21(28-22-15-14-17(2)16-18(22)3)24(26)25-20-12-8-9-13-23(20)27-19-10-6-5-7-11-19/h5-16,21H,4H2,1-3H3,(H,25,26)/t21-/m0/s1. The first-order chi connectivity index (χ1) is 13.6. The van der Waals surface area contributed by atoms with Crippen LogP contribution in [0.4, 0.5) is 5.69 Å². The molecule has 1 N–H and O–H groups in total. The molecule has 1 atom stereocenters. The Morgan fingerprint density at radius 1 is 0.929 bits per heavy atom. The van der Waals surface area contributed by atoms with E-state index in [9.17, 15) is 4.79 Å². The molecule has 0 aromatic heterocycles. The van der Waals surface area contributed by atoms with Gasteiger partial charge in [0, 0.05) is 0 Å². The van der Waals surface area contributed by atoms with E-state index in [2.05, 4.69) is 5.32 Å². The summed E-state index contributed by atoms with van der Waals surface area (Å²) in [5, 5.41) is 2.94. The highest BCUT2D eigenvalue weighted by Crippen LogP contribution is 2.29. The molecule has 3 aromatic carbocycles. The van der Waals surface area contributed by atoms with Gasteiger partial charge in [0.15, 0.2) is 11.9 Å². The van der Waals surface area contributed by atoms with Crippen molar-refractivity contribution in [2.75, 3.05) is 5.32 Å². The molecule has 0 saturated heterocycles. The van der Waals surface area contributed by atoms with Gasteiger partial charge in [0.05, 0.1) is 5.69 Å². The van der Waals surface area contributed by atoms with E-state index in [4.69, 9.17) is 9.47 Å². The molecule has 0 spiro atoms. The van der Waals surface area contributed by atoms with Crippen molar-refractivity contribution in [2.45, 2.75) is 33.3 Å². The van der Waals surface area contributed by atoms with E-state index in [-0.39, 0.29) is 5.91 Å². The number of ether oxygens (including phenoxy) is 2. The summed E-state index contributed by atoms with van der Waals surface area (Å²) in [4.78, 5) is 12.8. The van der Waals surface area contributed by atoms with Gasteiger partial charge in [0.2, 0.25) is 0 Å². The van der Waals surface area contributed by atoms with Crippen LogP contribution in [-0.2, 0) is 4.79 Å². The zero-order chi connectivity index (χ0) is 19.9. The molecule has 4 nitrogen and oxygen atoms in total. The monoisotopic (exact) mass is 375 g/mol. The molecular formula is C24H25NO3. The van der Waals surface area contributed by atoms with Crippen molar-refractivity contribution in [3.63, 3.8) is 0 Å². The summed E-state index contributed by atoms with van der Waals surface area (Å²) < 4.78 is 11.9. The van der Waals surface area contributed by atoms with Gasteiger partial charge in [-0.2, -0.15) is 0 Å². The highest BCUT2D eigenvalue weighted by atomic mass is 16.5. The van der Waals surface area contributed by atoms with E-state index in [0.29, 0.717) is 23.6 Å². The number of carbonyl (C=O) groups is 1. The van der Waals surface area contributed by atoms with Gasteiger partial charge in [-0.15, -0.1) is 0 Å². The van der Waals surface area contributed by atoms with Crippen LogP contribution in [-0.4, -0.2) is 12.0 Å². The maximum Gasteiger partial charge on any atom is 0.265 e. The van der Waals surface area contributed by atoms with Gasteiger partial charge in [-0.05, 0) is 56.2 Å². The molecule has 3 aromatic rings. The molecule has 1 amide bonds. The highest BCUT2D eigenvalue weighted by Gasteiger charge is 2.20. The van der Waals surface area contributed by atoms with Gasteiger partial charge < -0.3 is 14.8 Å². The average Bonchev–Trinajstić information content (AvgIpc) is 2.69. The third-order valence-electron chi connectivity index (χ3n) is 4.38. The molecule has 0 aliphatic rings. The Morgan fingerprint density at radius 2 is 1.64 bits per heavy atom. The number of hydrogen-bond donors (Lipinski definition) is 1. The SMILES string of the molecule is CC[C@H](Oc1ccc(C)cc1C)C(=O)Nc1ccccc1Oc1ccccc1. The third-order valence-corrected chi connectivity index (χ3v) is 4.38. The van der Waals surface area contributed by atoms with Crippen LogP contribution in [0.25, 0.3) is 0 Å². The second-order valence-electron chi connectivity index (χ2n) is 6.68. The van der Waals surface area contributed by atoms with Crippen LogP contribution in [0.1, 0.15) is 24.5 Å². The van der Waals surface area contributed by atoms with Crippen LogP contribution in [0.2, 0.25) is 0 Å². The van der Waals surface area contributed by atoms with Crippen LogP contribution in [0.5, 0.6) is 17.2 Å². The van der Waals surface area contributed by atoms with Crippen molar-refractivity contribution in [2.24, 2.45) is 0 Å². The number of para-hydroxylation sites is 3. The number of rotatable bonds is 7. The fraction of sp³-hybridized carbons (Fsp3) is 0.208. The van der Waals surface area contributed by atoms with Crippen molar-refractivity contribution < 1.29 is 14.3 Å². The molecule has 0 radical (unpaired) electrons. The molecule has 0 saturated carbocycles. The van der Waals surface area contributed by atoms with E-state index in [0.717, 1.165) is 16.9 Å². The first-order valence-corrected chi connectivity index (χ1v) is 9.43. The van der Waals surface area contributed by atoms with E-state index < -0.39 is 6.10 Å². The zero-order valence-electron chi connectivity index (χ0n) is 16.4. The summed E-state index contributed by atoms with van der Waals surface area (Å²) in [6.07, 6.45) is -0.0351. The molecular weight excluding hydrogens is 350 g/mol. The second kappa shape index (κ2) is 9.09. The lowest BCUT2D eigenvalue weighted by atomic mass is 10.1. The number of anilines is 1. The van der Waals surface area contributed by atoms with Crippen LogP contribution >= 0.6 is 0 Å². The number of hydrogen-bond acceptors (Lipinski definition) is 3. The fourth-order valence-electron chi connectivity index (χ4n) is 2.89. The topological polar surface area (TPSA) is 47.6 Å². The highest BCUT2D eigenvalue weighted by molar-refractivity contribution is 5.95. The van der Waals surface area contributed by atoms with Crippen LogP contribution in [0.15, 0.2) is 72.8 Å². The Morgan fingerprint density at radius 3 is 2.36 bits per heavy atom. The predicted molar refractivity (Wildman–Crippen MR) is 112 cm³/mol. The van der Waals surface area contributed by atoms with Gasteiger partial charge in [-0.3, -0.25) is 4.79 Å². The number of carbonyl (C=O) groups excluding carboxylic acids is 1. The first kappa shape index (κ1) is 19.5. The smallest absolute Gasteiger partial charge is 0.265 e. The number of benzene rings is 3. The normalized spacial score (nSPS) is 11.5. The van der Waals surface area contributed by atoms with Crippen molar-refractivity contribution in [1.29, 1.82) is 0 Å². The van der Waals surface area contributed by atoms with Crippen molar-refractivity contribution in [3.8, 4) is 17.2 Å². The molecule has 0 aliphatic carbocycles. The largest absolute Gasteiger partial charge is 0.480 e. The summed E-state index contributed by atoms with van der Waals surface area (Å²) in [7, 11) is 0. The Labute approximate surface area is 166 Å². The van der Waals surface area contributed by atoms with Gasteiger partial charge in [-0.1, -0.05) is 55.0 Å². The third kappa shape index (κ3) is 4.92. The van der Waals surface area contributed by atoms with E-state index in [1.807, 2.05) is 93.6 Å². The van der Waals surface area contributed by atoms with Crippen molar-refractivity contribution in [3.05, 3.63) is 83.9 Å². The summed E-state index contributed by atoms with van der Waals surface area (Å²) in [5.41, 5.74) is 2.78. The maximum absolute atomic E-state index is 12.8. The zero-order valence-corrected chi connectivity index (χ0v) is 16.4. The summed E-state index contributed by atoms with van der Waals surface area (Å²) >= 11 is 0. The van der Waals surface area contributed by atoms with Crippen LogP contribution < -0.4 is 14.8 Å². The molecule has 3 rings (SSSR count). The van der Waals surface area contributed by atoms with Crippen LogP contribution in [0.3, 0.4) is 0 Å². The fourth-order valence-corrected chi connectivity index (χ4v) is 2.89. The molecule has 0 heterocycles. The molecule has 28 heavy (non-hydrogen) atoms. The predicted octanol–water partition coefficient (Wildman–Crippen LogP) is 5.89. The minimum absolute atomic E-state index is 0.202. The average molecular weight is 375 g/mol. The number of amides is 1. The molecule has 0 fully saturated rings. The Balaban J connectivity index is 1.74. The summed E-state index contributed by atoms with van der Waals surface area (Å²) in [6.45, 7) is 5.95. The first-order valence-electron chi connectivity index (χ1n) is 9.43.